The van der Waals surface area contributed by atoms with E-state index in [2.05, 4.69) is 0 Å². The number of benzene rings is 2. The molecule has 0 aromatic heterocycles. The van der Waals surface area contributed by atoms with E-state index in [1.807, 2.05) is 30.3 Å². The van der Waals surface area contributed by atoms with Crippen LogP contribution >= 0.6 is 0 Å². The summed E-state index contributed by atoms with van der Waals surface area (Å²) in [5.41, 5.74) is 1.68. The number of rotatable bonds is 6. The molecule has 102 valence electrons. The Morgan fingerprint density at radius 2 is 1.70 bits per heavy atom. The van der Waals surface area contributed by atoms with Gasteiger partial charge in [-0.25, -0.2) is 4.39 Å². The second kappa shape index (κ2) is 7.39. The molecule has 0 fully saturated rings. The number of hydrogen-bond donors (Lipinski definition) is 0. The summed E-state index contributed by atoms with van der Waals surface area (Å²) in [5.74, 6) is -0.0954. The largest absolute Gasteiger partial charge is 0.299 e. The fraction of sp³-hybridized carbons (Fsp3) is 0.167. The van der Waals surface area contributed by atoms with Crippen molar-refractivity contribution in [3.63, 3.8) is 0 Å². The highest BCUT2D eigenvalue weighted by Gasteiger charge is 2.01. The van der Waals surface area contributed by atoms with E-state index in [1.165, 1.54) is 11.6 Å². The molecule has 0 heterocycles. The van der Waals surface area contributed by atoms with Crippen molar-refractivity contribution in [3.8, 4) is 0 Å². The van der Waals surface area contributed by atoms with Crippen LogP contribution in [0.2, 0.25) is 0 Å². The van der Waals surface area contributed by atoms with E-state index in [0.29, 0.717) is 18.4 Å². The molecule has 0 atom stereocenters. The lowest BCUT2D eigenvalue weighted by molar-refractivity contribution is -0.118. The number of carbonyl (C=O) groups is 1. The minimum atomic E-state index is -0.263. The summed E-state index contributed by atoms with van der Waals surface area (Å²) in [5, 5.41) is 0. The topological polar surface area (TPSA) is 17.1 Å². The van der Waals surface area contributed by atoms with Crippen LogP contribution in [0.3, 0.4) is 0 Å². The smallest absolute Gasteiger partial charge is 0.136 e. The molecule has 20 heavy (non-hydrogen) atoms. The van der Waals surface area contributed by atoms with Gasteiger partial charge in [0.05, 0.1) is 0 Å². The Hall–Kier alpha value is -2.22. The molecule has 0 N–H and O–H groups in total. The van der Waals surface area contributed by atoms with Gasteiger partial charge in [0.25, 0.3) is 0 Å². The molecule has 0 amide bonds. The molecule has 0 spiro atoms. The van der Waals surface area contributed by atoms with E-state index in [1.54, 1.807) is 30.4 Å². The van der Waals surface area contributed by atoms with Crippen molar-refractivity contribution in [2.75, 3.05) is 0 Å². The summed E-state index contributed by atoms with van der Waals surface area (Å²) in [6, 6.07) is 16.5. The van der Waals surface area contributed by atoms with Gasteiger partial charge in [0, 0.05) is 18.4 Å². The van der Waals surface area contributed by atoms with Crippen molar-refractivity contribution in [2.45, 2.75) is 19.3 Å². The van der Waals surface area contributed by atoms with Gasteiger partial charge in [0.2, 0.25) is 0 Å². The average Bonchev–Trinajstić information content (AvgIpc) is 2.48. The van der Waals surface area contributed by atoms with Gasteiger partial charge in [-0.15, -0.1) is 0 Å². The third kappa shape index (κ3) is 4.47. The highest BCUT2D eigenvalue weighted by atomic mass is 19.1. The minimum absolute atomic E-state index is 0.168. The second-order valence-corrected chi connectivity index (χ2v) is 4.65. The Kier molecular flexibility index (Phi) is 5.24. The van der Waals surface area contributed by atoms with E-state index in [-0.39, 0.29) is 11.6 Å². The van der Waals surface area contributed by atoms with E-state index in [4.69, 9.17) is 0 Å². The lowest BCUT2D eigenvalue weighted by Gasteiger charge is -1.99. The summed E-state index contributed by atoms with van der Waals surface area (Å²) in [4.78, 5) is 11.7. The van der Waals surface area contributed by atoms with Crippen LogP contribution in [0.5, 0.6) is 0 Å². The first-order valence-electron chi connectivity index (χ1n) is 6.72. The predicted molar refractivity (Wildman–Crippen MR) is 79.8 cm³/mol. The zero-order valence-corrected chi connectivity index (χ0v) is 11.3. The van der Waals surface area contributed by atoms with Crippen LogP contribution in [-0.4, -0.2) is 5.78 Å². The number of allylic oxidation sites excluding steroid dienone is 1. The molecule has 0 aliphatic rings. The fourth-order valence-electron chi connectivity index (χ4n) is 1.96. The van der Waals surface area contributed by atoms with Crippen LogP contribution in [0.25, 0.3) is 6.08 Å². The van der Waals surface area contributed by atoms with Gasteiger partial charge in [-0.1, -0.05) is 60.7 Å². The van der Waals surface area contributed by atoms with E-state index >= 15 is 0 Å². The van der Waals surface area contributed by atoms with Crippen molar-refractivity contribution < 1.29 is 9.18 Å². The highest BCUT2D eigenvalue weighted by molar-refractivity contribution is 5.81. The van der Waals surface area contributed by atoms with Crippen molar-refractivity contribution >= 4 is 11.9 Å². The van der Waals surface area contributed by atoms with Crippen molar-refractivity contribution in [1.82, 2.24) is 0 Å². The maximum atomic E-state index is 13.3. The van der Waals surface area contributed by atoms with E-state index in [9.17, 15) is 9.18 Å². The van der Waals surface area contributed by atoms with Gasteiger partial charge in [0.15, 0.2) is 0 Å². The molecule has 0 bridgehead atoms. The van der Waals surface area contributed by atoms with Crippen molar-refractivity contribution in [2.24, 2.45) is 0 Å². The third-order valence-corrected chi connectivity index (χ3v) is 3.08. The lowest BCUT2D eigenvalue weighted by atomic mass is 10.1. The monoisotopic (exact) mass is 268 g/mol. The molecule has 0 saturated carbocycles. The highest BCUT2D eigenvalue weighted by Crippen LogP contribution is 2.09. The Labute approximate surface area is 118 Å². The van der Waals surface area contributed by atoms with E-state index < -0.39 is 0 Å². The molecule has 0 aliphatic carbocycles. The number of halogens is 1. The quantitative estimate of drug-likeness (QED) is 0.757. The molecular weight excluding hydrogens is 251 g/mol. The molecule has 0 saturated heterocycles. The van der Waals surface area contributed by atoms with Crippen LogP contribution in [-0.2, 0) is 11.2 Å². The summed E-state index contributed by atoms with van der Waals surface area (Å²) in [6.45, 7) is 0. The third-order valence-electron chi connectivity index (χ3n) is 3.08. The van der Waals surface area contributed by atoms with Gasteiger partial charge in [-0.2, -0.15) is 0 Å². The van der Waals surface area contributed by atoms with Crippen molar-refractivity contribution in [1.29, 1.82) is 0 Å². The summed E-state index contributed by atoms with van der Waals surface area (Å²) in [6.07, 6.45) is 5.02. The molecule has 1 nitrogen and oxygen atoms in total. The van der Waals surface area contributed by atoms with Crippen LogP contribution in [0.1, 0.15) is 24.0 Å². The van der Waals surface area contributed by atoms with Crippen molar-refractivity contribution in [3.05, 3.63) is 77.6 Å². The molecule has 2 rings (SSSR count). The van der Waals surface area contributed by atoms with E-state index in [0.717, 1.165) is 6.42 Å². The molecule has 2 heteroatoms. The maximum absolute atomic E-state index is 13.3. The number of aryl methyl sites for hydroxylation is 1. The fourth-order valence-corrected chi connectivity index (χ4v) is 1.96. The first kappa shape index (κ1) is 14.2. The van der Waals surface area contributed by atoms with Crippen LogP contribution in [0.15, 0.2) is 60.7 Å². The Morgan fingerprint density at radius 1 is 1.00 bits per heavy atom. The number of hydrogen-bond acceptors (Lipinski definition) is 1. The van der Waals surface area contributed by atoms with Crippen LogP contribution in [0, 0.1) is 5.82 Å². The summed E-state index contributed by atoms with van der Waals surface area (Å²) >= 11 is 0. The Balaban J connectivity index is 1.79. The first-order chi connectivity index (χ1) is 9.75. The minimum Gasteiger partial charge on any atom is -0.299 e. The zero-order valence-electron chi connectivity index (χ0n) is 11.3. The molecule has 0 aliphatic heterocycles. The average molecular weight is 268 g/mol. The number of carbonyl (C=O) groups excluding carboxylic acids is 1. The maximum Gasteiger partial charge on any atom is 0.136 e. The van der Waals surface area contributed by atoms with Gasteiger partial charge < -0.3 is 0 Å². The predicted octanol–water partition coefficient (Wildman–Crippen LogP) is 4.43. The molecule has 2 aromatic rings. The zero-order chi connectivity index (χ0) is 14.2. The van der Waals surface area contributed by atoms with Crippen LogP contribution < -0.4 is 0 Å². The second-order valence-electron chi connectivity index (χ2n) is 4.65. The van der Waals surface area contributed by atoms with Gasteiger partial charge in [-0.3, -0.25) is 4.79 Å². The van der Waals surface area contributed by atoms with Gasteiger partial charge >= 0.3 is 0 Å². The molecule has 0 unspecified atom stereocenters. The molecule has 0 radical (unpaired) electrons. The molecule has 2 aromatic carbocycles. The number of ketones is 1. The number of Topliss-reactive ketones (excluding diaryl/α,β-unsaturated/α-hetero) is 1. The SMILES string of the molecule is O=C(C/C=C/c1ccccc1F)CCc1ccccc1. The first-order valence-corrected chi connectivity index (χ1v) is 6.72. The summed E-state index contributed by atoms with van der Waals surface area (Å²) in [7, 11) is 0. The Bertz CT molecular complexity index is 587. The standard InChI is InChI=1S/C18H17FO/c19-18-12-5-4-9-16(18)10-6-11-17(20)14-13-15-7-2-1-3-8-15/h1-10,12H,11,13-14H2/b10-6+. The van der Waals surface area contributed by atoms with Gasteiger partial charge in [0.1, 0.15) is 11.6 Å². The van der Waals surface area contributed by atoms with Crippen LogP contribution in [0.4, 0.5) is 4.39 Å². The molecular formula is C18H17FO. The normalized spacial score (nSPS) is 10.8. The lowest BCUT2D eigenvalue weighted by Crippen LogP contribution is -1.98. The Morgan fingerprint density at radius 3 is 2.45 bits per heavy atom. The van der Waals surface area contributed by atoms with Gasteiger partial charge in [-0.05, 0) is 18.1 Å². The summed E-state index contributed by atoms with van der Waals surface area (Å²) < 4.78 is 13.3.